The van der Waals surface area contributed by atoms with E-state index < -0.39 is 18.0 Å². The zero-order valence-electron chi connectivity index (χ0n) is 16.3. The van der Waals surface area contributed by atoms with E-state index in [4.69, 9.17) is 5.73 Å². The lowest BCUT2D eigenvalue weighted by Crippen LogP contribution is -2.89. The van der Waals surface area contributed by atoms with Crippen molar-refractivity contribution in [3.8, 4) is 0 Å². The lowest BCUT2D eigenvalue weighted by atomic mass is 9.92. The van der Waals surface area contributed by atoms with Gasteiger partial charge in [0, 0.05) is 17.0 Å². The number of carbonyl (C=O) groups excluding carboxylic acids is 2. The molecule has 0 aliphatic heterocycles. The number of hydrogen-bond acceptors (Lipinski definition) is 2. The molecule has 2 atom stereocenters. The standard InChI is InChI=1S/C22H29N3O2/c1-4-8-16-11-13-18(14-12-16)19(15(2)3)24-20(21(26)25-22(23)27)17-9-6-5-7-10-17/h5-7,9-15,19-20,24H,4,8H2,1-3H3,(H3,23,25,26,27)/p+1/t19-,20-/m1/s1. The number of rotatable bonds is 8. The monoisotopic (exact) mass is 368 g/mol. The highest BCUT2D eigenvalue weighted by Gasteiger charge is 2.31. The van der Waals surface area contributed by atoms with E-state index >= 15 is 0 Å². The first kappa shape index (κ1) is 20.6. The van der Waals surface area contributed by atoms with Crippen LogP contribution < -0.4 is 16.4 Å². The maximum atomic E-state index is 12.6. The van der Waals surface area contributed by atoms with Gasteiger partial charge in [-0.3, -0.25) is 10.1 Å². The van der Waals surface area contributed by atoms with Crippen LogP contribution in [0.4, 0.5) is 4.79 Å². The van der Waals surface area contributed by atoms with Crippen LogP contribution in [0.5, 0.6) is 0 Å². The van der Waals surface area contributed by atoms with Gasteiger partial charge in [0.05, 0.1) is 0 Å². The van der Waals surface area contributed by atoms with Crippen LogP contribution in [0.3, 0.4) is 0 Å². The molecule has 0 unspecified atom stereocenters. The lowest BCUT2D eigenvalue weighted by molar-refractivity contribution is -0.728. The van der Waals surface area contributed by atoms with Crippen molar-refractivity contribution in [3.63, 3.8) is 0 Å². The summed E-state index contributed by atoms with van der Waals surface area (Å²) >= 11 is 0. The zero-order chi connectivity index (χ0) is 19.8. The number of aryl methyl sites for hydroxylation is 1. The highest BCUT2D eigenvalue weighted by Crippen LogP contribution is 2.21. The minimum absolute atomic E-state index is 0.0736. The minimum Gasteiger partial charge on any atom is -0.351 e. The number of nitrogens with one attached hydrogen (secondary N) is 1. The molecule has 5 nitrogen and oxygen atoms in total. The second-order valence-electron chi connectivity index (χ2n) is 7.20. The third-order valence-electron chi connectivity index (χ3n) is 4.71. The van der Waals surface area contributed by atoms with Gasteiger partial charge in [0.25, 0.3) is 5.91 Å². The Morgan fingerprint density at radius 1 is 1.00 bits per heavy atom. The molecule has 0 radical (unpaired) electrons. The first-order chi connectivity index (χ1) is 12.9. The molecule has 0 bridgehead atoms. The predicted octanol–water partition coefficient (Wildman–Crippen LogP) is 2.84. The van der Waals surface area contributed by atoms with Gasteiger partial charge in [0.15, 0.2) is 6.04 Å². The van der Waals surface area contributed by atoms with Crippen molar-refractivity contribution in [2.45, 2.75) is 45.7 Å². The summed E-state index contributed by atoms with van der Waals surface area (Å²) in [5.41, 5.74) is 8.49. The summed E-state index contributed by atoms with van der Waals surface area (Å²) in [5, 5.41) is 4.25. The van der Waals surface area contributed by atoms with Crippen LogP contribution in [0.1, 0.15) is 56.0 Å². The molecule has 3 amide bonds. The van der Waals surface area contributed by atoms with Gasteiger partial charge < -0.3 is 11.1 Å². The SMILES string of the molecule is CCCc1ccc([C@H]([NH2+][C@@H](C(=O)NC(N)=O)c2ccccc2)C(C)C)cc1. The second kappa shape index (κ2) is 9.88. The number of quaternary nitrogens is 1. The summed E-state index contributed by atoms with van der Waals surface area (Å²) in [5.74, 6) is -0.100. The van der Waals surface area contributed by atoms with Gasteiger partial charge in [-0.05, 0) is 12.0 Å². The molecule has 144 valence electrons. The number of primary amides is 1. The highest BCUT2D eigenvalue weighted by molar-refractivity contribution is 5.96. The normalized spacial score (nSPS) is 13.2. The van der Waals surface area contributed by atoms with Gasteiger partial charge >= 0.3 is 6.03 Å². The third-order valence-corrected chi connectivity index (χ3v) is 4.71. The van der Waals surface area contributed by atoms with Crippen molar-refractivity contribution in [1.82, 2.24) is 5.32 Å². The second-order valence-corrected chi connectivity index (χ2v) is 7.20. The van der Waals surface area contributed by atoms with E-state index in [1.807, 2.05) is 35.6 Å². The molecule has 5 N–H and O–H groups in total. The Hall–Kier alpha value is -2.66. The van der Waals surface area contributed by atoms with Gasteiger partial charge in [0.1, 0.15) is 6.04 Å². The van der Waals surface area contributed by atoms with Gasteiger partial charge in [0.2, 0.25) is 0 Å². The van der Waals surface area contributed by atoms with E-state index in [0.29, 0.717) is 5.92 Å². The number of imide groups is 1. The summed E-state index contributed by atoms with van der Waals surface area (Å²) in [4.78, 5) is 23.9. The van der Waals surface area contributed by atoms with Crippen molar-refractivity contribution in [2.24, 2.45) is 11.7 Å². The Kier molecular flexibility index (Phi) is 7.55. The fourth-order valence-electron chi connectivity index (χ4n) is 3.33. The largest absolute Gasteiger partial charge is 0.351 e. The van der Waals surface area contributed by atoms with E-state index in [1.165, 1.54) is 5.56 Å². The number of hydrogen-bond donors (Lipinski definition) is 3. The van der Waals surface area contributed by atoms with Crippen LogP contribution in [-0.2, 0) is 11.2 Å². The van der Waals surface area contributed by atoms with Crippen LogP contribution in [0.25, 0.3) is 0 Å². The summed E-state index contributed by atoms with van der Waals surface area (Å²) in [6.07, 6.45) is 2.17. The molecule has 2 aromatic carbocycles. The first-order valence-corrected chi connectivity index (χ1v) is 9.51. The van der Waals surface area contributed by atoms with E-state index in [1.54, 1.807) is 0 Å². The number of benzene rings is 2. The number of urea groups is 1. The van der Waals surface area contributed by atoms with Crippen molar-refractivity contribution >= 4 is 11.9 Å². The summed E-state index contributed by atoms with van der Waals surface area (Å²) in [7, 11) is 0. The van der Waals surface area contributed by atoms with E-state index in [2.05, 4.69) is 50.4 Å². The Labute approximate surface area is 161 Å². The van der Waals surface area contributed by atoms with Crippen molar-refractivity contribution < 1.29 is 14.9 Å². The molecule has 0 aromatic heterocycles. The Bertz CT molecular complexity index is 742. The zero-order valence-corrected chi connectivity index (χ0v) is 16.3. The minimum atomic E-state index is -0.834. The van der Waals surface area contributed by atoms with E-state index in [0.717, 1.165) is 24.0 Å². The van der Waals surface area contributed by atoms with Gasteiger partial charge in [-0.25, -0.2) is 4.79 Å². The first-order valence-electron chi connectivity index (χ1n) is 9.51. The molecular formula is C22H30N3O2+. The average molecular weight is 369 g/mol. The van der Waals surface area contributed by atoms with Gasteiger partial charge in [-0.15, -0.1) is 0 Å². The molecule has 27 heavy (non-hydrogen) atoms. The third kappa shape index (κ3) is 5.93. The van der Waals surface area contributed by atoms with Crippen LogP contribution >= 0.6 is 0 Å². The predicted molar refractivity (Wildman–Crippen MR) is 107 cm³/mol. The van der Waals surface area contributed by atoms with Crippen LogP contribution in [0, 0.1) is 5.92 Å². The molecule has 0 spiro atoms. The van der Waals surface area contributed by atoms with Gasteiger partial charge in [-0.2, -0.15) is 0 Å². The Morgan fingerprint density at radius 3 is 2.15 bits per heavy atom. The average Bonchev–Trinajstić information content (AvgIpc) is 2.63. The molecule has 2 rings (SSSR count). The summed E-state index contributed by atoms with van der Waals surface area (Å²) < 4.78 is 0. The summed E-state index contributed by atoms with van der Waals surface area (Å²) in [6.45, 7) is 6.44. The lowest BCUT2D eigenvalue weighted by Gasteiger charge is -2.25. The van der Waals surface area contributed by atoms with Crippen molar-refractivity contribution in [1.29, 1.82) is 0 Å². The molecule has 0 aliphatic rings. The Morgan fingerprint density at radius 2 is 1.63 bits per heavy atom. The molecule has 0 heterocycles. The van der Waals surface area contributed by atoms with Gasteiger partial charge in [-0.1, -0.05) is 81.8 Å². The van der Waals surface area contributed by atoms with E-state index in [-0.39, 0.29) is 6.04 Å². The van der Waals surface area contributed by atoms with Crippen LogP contribution in [-0.4, -0.2) is 11.9 Å². The number of carbonyl (C=O) groups is 2. The molecular weight excluding hydrogens is 338 g/mol. The fourth-order valence-corrected chi connectivity index (χ4v) is 3.33. The summed E-state index contributed by atoms with van der Waals surface area (Å²) in [6, 6.07) is 16.7. The molecule has 2 aromatic rings. The quantitative estimate of drug-likeness (QED) is 0.669. The fraction of sp³-hybridized carbons (Fsp3) is 0.364. The van der Waals surface area contributed by atoms with Crippen LogP contribution in [0.15, 0.2) is 54.6 Å². The molecule has 0 aliphatic carbocycles. The smallest absolute Gasteiger partial charge is 0.319 e. The van der Waals surface area contributed by atoms with E-state index in [9.17, 15) is 9.59 Å². The maximum absolute atomic E-state index is 12.6. The molecule has 0 saturated heterocycles. The number of nitrogens with two attached hydrogens (primary N) is 2. The maximum Gasteiger partial charge on any atom is 0.319 e. The molecule has 0 fully saturated rings. The molecule has 0 saturated carbocycles. The topological polar surface area (TPSA) is 88.8 Å². The highest BCUT2D eigenvalue weighted by atomic mass is 16.2. The van der Waals surface area contributed by atoms with Crippen molar-refractivity contribution in [3.05, 3.63) is 71.3 Å². The van der Waals surface area contributed by atoms with Crippen molar-refractivity contribution in [2.75, 3.05) is 0 Å². The van der Waals surface area contributed by atoms with Crippen LogP contribution in [0.2, 0.25) is 0 Å². The molecule has 5 heteroatoms. The number of amides is 3. The Balaban J connectivity index is 2.30.